The van der Waals surface area contributed by atoms with E-state index in [4.69, 9.17) is 9.05 Å². The van der Waals surface area contributed by atoms with E-state index < -0.39 is 20.0 Å². The summed E-state index contributed by atoms with van der Waals surface area (Å²) in [6, 6.07) is -0.802. The van der Waals surface area contributed by atoms with Crippen molar-refractivity contribution in [1.29, 1.82) is 0 Å². The molecule has 0 bridgehead atoms. The summed E-state index contributed by atoms with van der Waals surface area (Å²) >= 11 is 0. The van der Waals surface area contributed by atoms with Gasteiger partial charge >= 0.3 is 0 Å². The van der Waals surface area contributed by atoms with Crippen molar-refractivity contribution in [1.82, 2.24) is 5.32 Å². The van der Waals surface area contributed by atoms with Crippen LogP contribution < -0.4 is 10.2 Å². The minimum atomic E-state index is -4.54. The minimum Gasteiger partial charge on any atom is -0.756 e. The zero-order chi connectivity index (χ0) is 40.0. The van der Waals surface area contributed by atoms with Gasteiger partial charge in [0.15, 0.2) is 0 Å². The first kappa shape index (κ1) is 51.9. The van der Waals surface area contributed by atoms with Crippen molar-refractivity contribution in [2.24, 2.45) is 0 Å². The van der Waals surface area contributed by atoms with Crippen molar-refractivity contribution >= 4 is 13.7 Å². The lowest BCUT2D eigenvalue weighted by atomic mass is 10.0. The topological polar surface area (TPSA) is 108 Å². The van der Waals surface area contributed by atoms with Crippen LogP contribution >= 0.6 is 7.82 Å². The maximum atomic E-state index is 12.7. The summed E-state index contributed by atoms with van der Waals surface area (Å²) in [5, 5.41) is 13.5. The number of phosphoric ester groups is 1. The number of phosphoric acid groups is 1. The molecule has 0 rings (SSSR count). The third-order valence-corrected chi connectivity index (χ3v) is 9.92. The number of hydrogen-bond acceptors (Lipinski definition) is 6. The number of amides is 1. The molecule has 0 radical (unpaired) electrons. The third kappa shape index (κ3) is 38.2. The summed E-state index contributed by atoms with van der Waals surface area (Å²) < 4.78 is 22.9. The van der Waals surface area contributed by atoms with Crippen molar-refractivity contribution in [2.75, 3.05) is 40.9 Å². The fraction of sp³-hybridized carbons (Fsp3) is 0.711. The van der Waals surface area contributed by atoms with Crippen LogP contribution in [0.4, 0.5) is 0 Å². The lowest BCUT2D eigenvalue weighted by Crippen LogP contribution is -2.46. The molecule has 9 heteroatoms. The van der Waals surface area contributed by atoms with E-state index in [1.807, 2.05) is 21.1 Å². The van der Waals surface area contributed by atoms with Gasteiger partial charge in [0.1, 0.15) is 13.2 Å². The zero-order valence-electron chi connectivity index (χ0n) is 35.1. The van der Waals surface area contributed by atoms with Crippen molar-refractivity contribution in [3.05, 3.63) is 72.9 Å². The van der Waals surface area contributed by atoms with Gasteiger partial charge in [0.05, 0.1) is 39.9 Å². The first-order valence-electron chi connectivity index (χ1n) is 21.3. The van der Waals surface area contributed by atoms with Crippen LogP contribution in [0.15, 0.2) is 72.9 Å². The number of aliphatic hydroxyl groups is 1. The number of hydrogen-bond donors (Lipinski definition) is 2. The number of nitrogens with zero attached hydrogens (tertiary/aromatic N) is 1. The Morgan fingerprint density at radius 3 is 1.61 bits per heavy atom. The van der Waals surface area contributed by atoms with E-state index in [1.54, 1.807) is 0 Å². The summed E-state index contributed by atoms with van der Waals surface area (Å²) in [6.07, 6.45) is 48.6. The molecule has 3 atom stereocenters. The molecule has 0 aliphatic rings. The monoisotopic (exact) mass is 777 g/mol. The van der Waals surface area contributed by atoms with Gasteiger partial charge < -0.3 is 28.8 Å². The Labute approximate surface area is 332 Å². The Morgan fingerprint density at radius 1 is 0.667 bits per heavy atom. The summed E-state index contributed by atoms with van der Waals surface area (Å²) in [4.78, 5) is 24.9. The summed E-state index contributed by atoms with van der Waals surface area (Å²) in [5.41, 5.74) is 0. The van der Waals surface area contributed by atoms with Gasteiger partial charge in [-0.3, -0.25) is 9.36 Å². The number of nitrogens with one attached hydrogen (secondary N) is 1. The molecule has 54 heavy (non-hydrogen) atoms. The highest BCUT2D eigenvalue weighted by Gasteiger charge is 2.24. The largest absolute Gasteiger partial charge is 0.756 e. The number of allylic oxidation sites excluding steroid dienone is 12. The van der Waals surface area contributed by atoms with Crippen molar-refractivity contribution in [2.45, 2.75) is 167 Å². The normalized spacial score (nSPS) is 15.2. The van der Waals surface area contributed by atoms with Gasteiger partial charge in [-0.2, -0.15) is 0 Å². The van der Waals surface area contributed by atoms with Gasteiger partial charge in [0, 0.05) is 6.42 Å². The highest BCUT2D eigenvalue weighted by Crippen LogP contribution is 2.38. The maximum Gasteiger partial charge on any atom is 0.268 e. The van der Waals surface area contributed by atoms with Crippen LogP contribution in [0.1, 0.15) is 155 Å². The Hall–Kier alpha value is -2.06. The van der Waals surface area contributed by atoms with Crippen LogP contribution in [-0.4, -0.2) is 68.5 Å². The van der Waals surface area contributed by atoms with Crippen LogP contribution in [0.25, 0.3) is 0 Å². The van der Waals surface area contributed by atoms with Gasteiger partial charge in [-0.25, -0.2) is 0 Å². The predicted octanol–water partition coefficient (Wildman–Crippen LogP) is 11.0. The van der Waals surface area contributed by atoms with Gasteiger partial charge in [-0.05, 0) is 64.2 Å². The Bertz CT molecular complexity index is 1110. The lowest BCUT2D eigenvalue weighted by molar-refractivity contribution is -0.870. The van der Waals surface area contributed by atoms with E-state index in [1.165, 1.54) is 44.9 Å². The molecule has 0 aromatic carbocycles. The minimum absolute atomic E-state index is 0.00604. The first-order valence-corrected chi connectivity index (χ1v) is 22.7. The maximum absolute atomic E-state index is 12.7. The smallest absolute Gasteiger partial charge is 0.268 e. The molecule has 0 heterocycles. The molecular formula is C45H81N2O6P. The molecule has 0 fully saturated rings. The first-order chi connectivity index (χ1) is 26.0. The predicted molar refractivity (Wildman–Crippen MR) is 228 cm³/mol. The number of unbranched alkanes of at least 4 members (excludes halogenated alkanes) is 12. The average molecular weight is 777 g/mol. The second-order valence-corrected chi connectivity index (χ2v) is 16.7. The molecule has 0 saturated heterocycles. The number of rotatable bonds is 37. The van der Waals surface area contributed by atoms with Crippen molar-refractivity contribution in [3.8, 4) is 0 Å². The van der Waals surface area contributed by atoms with E-state index in [0.29, 0.717) is 23.9 Å². The standard InChI is InChI=1S/C45H81N2O6P/c1-6-8-10-11-12-13-14-15-16-17-18-19-20-21-22-23-24-25-26-27-28-29-30-31-32-33-34-35-37-39-45(49)46-43(44(48)38-36-9-7-2)42-53-54(50,51)52-41-40-47(3,4)5/h8,10,12-13,15-16,18-19,21-22,24-25,43-44,48H,6-7,9,11,14,17,20,23,26-42H2,1-5H3,(H-,46,49,50,51)/b10-8-,13-12-,16-15-,19-18-,22-21-,25-24-. The zero-order valence-corrected chi connectivity index (χ0v) is 36.0. The van der Waals surface area contributed by atoms with E-state index >= 15 is 0 Å². The van der Waals surface area contributed by atoms with Crippen molar-refractivity contribution < 1.29 is 32.9 Å². The van der Waals surface area contributed by atoms with Crippen molar-refractivity contribution in [3.63, 3.8) is 0 Å². The molecule has 312 valence electrons. The van der Waals surface area contributed by atoms with Gasteiger partial charge in [0.25, 0.3) is 7.82 Å². The number of carbonyl (C=O) groups is 1. The Morgan fingerprint density at radius 2 is 1.13 bits per heavy atom. The quantitative estimate of drug-likeness (QED) is 0.0281. The fourth-order valence-corrected chi connectivity index (χ4v) is 6.29. The fourth-order valence-electron chi connectivity index (χ4n) is 5.57. The molecule has 0 aromatic rings. The molecule has 2 N–H and O–H groups in total. The molecule has 1 amide bonds. The molecular weight excluding hydrogens is 695 g/mol. The summed E-state index contributed by atoms with van der Waals surface area (Å²) in [7, 11) is 1.28. The molecule has 3 unspecified atom stereocenters. The number of quaternary nitrogens is 1. The van der Waals surface area contributed by atoms with E-state index in [0.717, 1.165) is 83.5 Å². The van der Waals surface area contributed by atoms with Gasteiger partial charge in [-0.15, -0.1) is 0 Å². The van der Waals surface area contributed by atoms with Gasteiger partial charge in [0.2, 0.25) is 5.91 Å². The molecule has 0 saturated carbocycles. The van der Waals surface area contributed by atoms with E-state index in [9.17, 15) is 19.4 Å². The highest BCUT2D eigenvalue weighted by molar-refractivity contribution is 7.45. The molecule has 0 aliphatic heterocycles. The number of carbonyl (C=O) groups excluding carboxylic acids is 1. The number of aliphatic hydroxyl groups excluding tert-OH is 1. The Balaban J connectivity index is 3.93. The van der Waals surface area contributed by atoms with Crippen LogP contribution in [0.2, 0.25) is 0 Å². The van der Waals surface area contributed by atoms with E-state index in [-0.39, 0.29) is 19.1 Å². The Kier molecular flexibility index (Phi) is 35.2. The molecule has 0 aromatic heterocycles. The average Bonchev–Trinajstić information content (AvgIpc) is 3.12. The summed E-state index contributed by atoms with van der Waals surface area (Å²) in [6.45, 7) is 4.40. The van der Waals surface area contributed by atoms with Crippen LogP contribution in [0.3, 0.4) is 0 Å². The summed E-state index contributed by atoms with van der Waals surface area (Å²) in [5.74, 6) is -0.186. The van der Waals surface area contributed by atoms with Crippen LogP contribution in [0, 0.1) is 0 Å². The third-order valence-electron chi connectivity index (χ3n) is 8.96. The second kappa shape index (κ2) is 36.6. The van der Waals surface area contributed by atoms with E-state index in [2.05, 4.69) is 92.1 Å². The van der Waals surface area contributed by atoms with Gasteiger partial charge in [-0.1, -0.05) is 157 Å². The molecule has 0 aliphatic carbocycles. The number of likely N-dealkylation sites (N-methyl/N-ethyl adjacent to an activating group) is 1. The molecule has 8 nitrogen and oxygen atoms in total. The molecule has 0 spiro atoms. The lowest BCUT2D eigenvalue weighted by Gasteiger charge is -2.30. The van der Waals surface area contributed by atoms with Crippen LogP contribution in [-0.2, 0) is 18.4 Å². The van der Waals surface area contributed by atoms with Crippen LogP contribution in [0.5, 0.6) is 0 Å². The SMILES string of the molecule is CC/C=C\C/C=C\C/C=C\C/C=C\C/C=C\C/C=C\CCCCCCCCCCCCC(=O)NC(COP(=O)([O-])OCC[N+](C)(C)C)C(O)CCCCC. The highest BCUT2D eigenvalue weighted by atomic mass is 31.2. The second-order valence-electron chi connectivity index (χ2n) is 15.3.